The molecule has 28 aromatic rings. The summed E-state index contributed by atoms with van der Waals surface area (Å²) in [6.45, 7) is 19.1. The molecule has 0 fully saturated rings. The Morgan fingerprint density at radius 2 is 0.568 bits per heavy atom. The maximum absolute atomic E-state index is 15.5. The number of nitrogens with zero attached hydrogens (tertiary/aromatic N) is 6. The molecular weight excluding hydrogens is 1800 g/mol. The quantitative estimate of drug-likeness (QED) is 0.142. The Labute approximate surface area is 854 Å². The predicted molar refractivity (Wildman–Crippen MR) is 620 cm³/mol. The summed E-state index contributed by atoms with van der Waals surface area (Å²) < 4.78 is 12.0. The van der Waals surface area contributed by atoms with Crippen LogP contribution in [-0.2, 0) is 21.7 Å². The van der Waals surface area contributed by atoms with Crippen molar-refractivity contribution < 1.29 is 0 Å². The van der Waals surface area contributed by atoms with Gasteiger partial charge in [0.15, 0.2) is 10.9 Å². The minimum Gasteiger partial charge on any atom is -0.310 e. The number of pyridine rings is 2. The molecule has 9 heterocycles. The number of para-hydroxylation sites is 8. The molecule has 8 heteroatoms. The molecule has 148 heavy (non-hydrogen) atoms. The highest BCUT2D eigenvalue weighted by atomic mass is 16.1. The summed E-state index contributed by atoms with van der Waals surface area (Å²) in [5.41, 5.74) is 44.4. The van der Waals surface area contributed by atoms with Crippen LogP contribution in [0.5, 0.6) is 0 Å². The van der Waals surface area contributed by atoms with Crippen molar-refractivity contribution in [2.24, 2.45) is 0 Å². The molecule has 0 amide bonds. The first-order chi connectivity index (χ1) is 72.3. The van der Waals surface area contributed by atoms with Gasteiger partial charge in [-0.3, -0.25) is 9.59 Å². The molecule has 700 valence electrons. The fraction of sp³-hybridized carbons (Fsp3) is 0.0857. The largest absolute Gasteiger partial charge is 0.310 e. The van der Waals surface area contributed by atoms with Crippen LogP contribution in [0.2, 0.25) is 0 Å². The average Bonchev–Trinajstić information content (AvgIpc) is 1.49. The van der Waals surface area contributed by atoms with E-state index in [-0.39, 0.29) is 32.5 Å². The van der Waals surface area contributed by atoms with Crippen LogP contribution < -0.4 is 15.8 Å². The number of benzene rings is 21. The minimum atomic E-state index is -0.169. The number of aromatic nitrogens is 5. The monoisotopic (exact) mass is 1890 g/mol. The van der Waals surface area contributed by atoms with Gasteiger partial charge in [0.1, 0.15) is 0 Å². The van der Waals surface area contributed by atoms with Gasteiger partial charge in [-0.1, -0.05) is 389 Å². The fourth-order valence-electron chi connectivity index (χ4n) is 27.1. The zero-order chi connectivity index (χ0) is 99.0. The highest BCUT2D eigenvalue weighted by Crippen LogP contribution is 2.60. The highest BCUT2D eigenvalue weighted by molar-refractivity contribution is 6.25. The fourth-order valence-corrected chi connectivity index (χ4v) is 27.1. The molecule has 0 spiro atoms. The summed E-state index contributed by atoms with van der Waals surface area (Å²) in [6, 6.07) is 161. The van der Waals surface area contributed by atoms with E-state index in [0.717, 1.165) is 99.5 Å². The van der Waals surface area contributed by atoms with Crippen LogP contribution in [-0.4, -0.2) is 22.5 Å². The first-order valence-corrected chi connectivity index (χ1v) is 51.7. The van der Waals surface area contributed by atoms with E-state index in [4.69, 9.17) is 0 Å². The average molecular weight is 1900 g/mol. The molecule has 0 radical (unpaired) electrons. The Bertz CT molecular complexity index is 10400. The second-order valence-corrected chi connectivity index (χ2v) is 43.2. The summed E-state index contributed by atoms with van der Waals surface area (Å²) >= 11 is 0. The van der Waals surface area contributed by atoms with Gasteiger partial charge in [0.2, 0.25) is 0 Å². The van der Waals surface area contributed by atoms with Gasteiger partial charge in [0, 0.05) is 109 Å². The third kappa shape index (κ3) is 11.8. The first kappa shape index (κ1) is 85.4. The van der Waals surface area contributed by atoms with Crippen LogP contribution in [0, 0.1) is 0 Å². The topological polar surface area (TPSA) is 61.0 Å². The zero-order valence-corrected chi connectivity index (χ0v) is 83.2. The number of anilines is 3. The van der Waals surface area contributed by atoms with Gasteiger partial charge in [-0.05, 0) is 227 Å². The van der Waals surface area contributed by atoms with E-state index in [0.29, 0.717) is 32.6 Å². The van der Waals surface area contributed by atoms with Crippen LogP contribution in [0.15, 0.2) is 459 Å². The van der Waals surface area contributed by atoms with Crippen molar-refractivity contribution in [1.82, 2.24) is 22.5 Å². The third-order valence-electron chi connectivity index (χ3n) is 34.0. The molecule has 4 aliphatic rings. The molecule has 2 aliphatic heterocycles. The van der Waals surface area contributed by atoms with Crippen LogP contribution in [0.25, 0.3) is 225 Å². The highest BCUT2D eigenvalue weighted by Gasteiger charge is 2.44. The van der Waals surface area contributed by atoms with Gasteiger partial charge in [0.25, 0.3) is 0 Å². The second-order valence-electron chi connectivity index (χ2n) is 43.2. The number of hydrogen-bond donors (Lipinski definition) is 0. The van der Waals surface area contributed by atoms with E-state index in [1.807, 2.05) is 60.7 Å². The molecule has 0 unspecified atom stereocenters. The molecule has 0 saturated carbocycles. The second kappa shape index (κ2) is 31.1. The standard InChI is InChI=1S/C56H32N2O2.C42H32N2.C42H34N2/c59-55-45-32-50-46(56(60)52-40(36-19-11-4-12-20-36)26-28-44-42-24-22-38(34-15-7-2-8-16-34)30-48(42)58(50)54(44)52)31-49(45)57-47-29-37(33-13-5-1-6-14-33)21-23-41(47)43-27-25-39(51(55)53(43)57)35-17-9-3-10-18-35;1-41(2)31-15-7-10-19-36(31)44-37-23-22-29-26-21-20-25(43-34-17-8-5-12-27(34)28-13-6-9-18-35(28)43)24-33(26)42(3,4)39(29)38(37)30-14-11-16-32(41)40(30)44;1-41(2)34-19-11-12-21-38(34)44-39-26-37-32(25-33(39)31-18-13-20-35(41)40(31)44)30-23-22-29(24-36(30)42(37,3)4)43(27-14-7-5-8-15-27)28-16-9-6-10-17-28/h1-32H;5-24H,1-4H3;5-26H,1-4H3. The van der Waals surface area contributed by atoms with Crippen molar-refractivity contribution in [2.75, 3.05) is 4.90 Å². The van der Waals surface area contributed by atoms with Crippen molar-refractivity contribution in [3.63, 3.8) is 0 Å². The van der Waals surface area contributed by atoms with Crippen molar-refractivity contribution in [3.05, 3.63) is 514 Å². The number of rotatable bonds is 8. The molecule has 7 aromatic heterocycles. The molecule has 32 rings (SSSR count). The van der Waals surface area contributed by atoms with Crippen molar-refractivity contribution >= 4 is 159 Å². The van der Waals surface area contributed by atoms with E-state index in [2.05, 4.69) is 471 Å². The van der Waals surface area contributed by atoms with Gasteiger partial charge < -0.3 is 27.4 Å². The first-order valence-electron chi connectivity index (χ1n) is 51.7. The molecular formula is C140H98N6O2. The molecule has 21 aromatic carbocycles. The minimum absolute atomic E-state index is 0.0511. The Hall–Kier alpha value is -18.2. The van der Waals surface area contributed by atoms with E-state index in [1.165, 1.54) is 155 Å². The molecule has 0 bridgehead atoms. The van der Waals surface area contributed by atoms with Gasteiger partial charge in [-0.15, -0.1) is 0 Å². The van der Waals surface area contributed by atoms with Crippen molar-refractivity contribution in [1.29, 1.82) is 0 Å². The Morgan fingerprint density at radius 1 is 0.189 bits per heavy atom. The Kier molecular flexibility index (Phi) is 18.0. The van der Waals surface area contributed by atoms with Gasteiger partial charge in [-0.25, -0.2) is 0 Å². The lowest BCUT2D eigenvalue weighted by Crippen LogP contribution is -2.26. The maximum Gasteiger partial charge on any atom is 0.197 e. The summed E-state index contributed by atoms with van der Waals surface area (Å²) in [5, 5.41) is 14.6. The van der Waals surface area contributed by atoms with Crippen LogP contribution in [0.4, 0.5) is 17.1 Å². The van der Waals surface area contributed by atoms with E-state index >= 15 is 9.59 Å². The normalized spacial score (nSPS) is 14.1. The van der Waals surface area contributed by atoms with E-state index in [9.17, 15) is 0 Å². The maximum atomic E-state index is 15.5. The molecule has 0 atom stereocenters. The summed E-state index contributed by atoms with van der Waals surface area (Å²) in [5.74, 6) is 0. The van der Waals surface area contributed by atoms with E-state index < -0.39 is 0 Å². The molecule has 8 nitrogen and oxygen atoms in total. The number of fused-ring (bicyclic) bond motifs is 30. The van der Waals surface area contributed by atoms with Crippen molar-refractivity contribution in [2.45, 2.75) is 77.0 Å². The van der Waals surface area contributed by atoms with Crippen molar-refractivity contribution in [3.8, 4) is 83.8 Å². The summed E-state index contributed by atoms with van der Waals surface area (Å²) in [4.78, 5) is 33.3. The van der Waals surface area contributed by atoms with Crippen LogP contribution >= 0.6 is 0 Å². The van der Waals surface area contributed by atoms with Gasteiger partial charge >= 0.3 is 0 Å². The zero-order valence-electron chi connectivity index (χ0n) is 83.2. The summed E-state index contributed by atoms with van der Waals surface area (Å²) in [7, 11) is 0. The Morgan fingerprint density at radius 3 is 1.09 bits per heavy atom. The van der Waals surface area contributed by atoms with Crippen LogP contribution in [0.1, 0.15) is 99.9 Å². The lowest BCUT2D eigenvalue weighted by molar-refractivity contribution is 0.630. The summed E-state index contributed by atoms with van der Waals surface area (Å²) in [6.07, 6.45) is 0. The molecule has 0 N–H and O–H groups in total. The predicted octanol–water partition coefficient (Wildman–Crippen LogP) is 35.4. The third-order valence-corrected chi connectivity index (χ3v) is 34.0. The molecule has 2 aliphatic carbocycles. The SMILES string of the molecule is CC1(C)c2cc(-n3c4ccccc4c4ccccc43)ccc2-c2ccc3c(c21)c1cccc2c1n3-c1ccccc1C2(C)C.CC1(C)c2cc(N(c3ccccc3)c3ccccc3)ccc2-c2cc3c4cccc5c4n(c3cc21)-c1ccccc1C5(C)C.O=c1c2cc3c(cc2n2c4cc(-c5ccccc5)ccc4c4ccc(-c5ccccc5)c1c42)c(=O)c1c(-c2ccccc2)ccc2c4ccc(-c5ccccc5)cc4n3c12. The number of hydrogen-bond acceptors (Lipinski definition) is 3. The van der Waals surface area contributed by atoms with Crippen LogP contribution in [0.3, 0.4) is 0 Å². The van der Waals surface area contributed by atoms with Gasteiger partial charge in [0.05, 0.1) is 88.3 Å². The lowest BCUT2D eigenvalue weighted by atomic mass is 9.74. The smallest absolute Gasteiger partial charge is 0.197 e. The molecule has 0 saturated heterocycles. The lowest BCUT2D eigenvalue weighted by Gasteiger charge is -2.34. The Balaban J connectivity index is 0.000000104. The van der Waals surface area contributed by atoms with Gasteiger partial charge in [-0.2, -0.15) is 0 Å². The van der Waals surface area contributed by atoms with E-state index in [1.54, 1.807) is 0 Å².